The number of nitrogens with one attached hydrogen (secondary N) is 2. The first-order valence-corrected chi connectivity index (χ1v) is 8.98. The summed E-state index contributed by atoms with van der Waals surface area (Å²) in [6.07, 6.45) is 3.11. The molecule has 5 nitrogen and oxygen atoms in total. The van der Waals surface area contributed by atoms with Gasteiger partial charge in [-0.2, -0.15) is 0 Å². The second-order valence-electron chi connectivity index (χ2n) is 6.78. The van der Waals surface area contributed by atoms with Crippen LogP contribution in [0.3, 0.4) is 0 Å². The van der Waals surface area contributed by atoms with Crippen molar-refractivity contribution in [3.8, 4) is 0 Å². The Kier molecular flexibility index (Phi) is 7.69. The van der Waals surface area contributed by atoms with Crippen LogP contribution in [-0.4, -0.2) is 49.2 Å². The van der Waals surface area contributed by atoms with E-state index in [1.54, 1.807) is 0 Å². The predicted molar refractivity (Wildman–Crippen MR) is 98.1 cm³/mol. The molecule has 1 heterocycles. The lowest BCUT2D eigenvalue weighted by Crippen LogP contribution is -2.45. The van der Waals surface area contributed by atoms with Gasteiger partial charge in [-0.1, -0.05) is 12.1 Å². The number of amides is 1. The van der Waals surface area contributed by atoms with Crippen molar-refractivity contribution in [3.63, 3.8) is 0 Å². The van der Waals surface area contributed by atoms with Gasteiger partial charge >= 0.3 is 0 Å². The van der Waals surface area contributed by atoms with Crippen molar-refractivity contribution in [1.82, 2.24) is 10.2 Å². The van der Waals surface area contributed by atoms with E-state index in [-0.39, 0.29) is 5.91 Å². The average molecular weight is 333 g/mol. The third-order valence-corrected chi connectivity index (χ3v) is 4.18. The molecule has 5 heteroatoms. The maximum atomic E-state index is 11.0. The molecule has 1 aromatic rings. The van der Waals surface area contributed by atoms with Crippen molar-refractivity contribution in [2.75, 3.05) is 31.5 Å². The third kappa shape index (κ3) is 6.99. The van der Waals surface area contributed by atoms with Crippen LogP contribution >= 0.6 is 0 Å². The van der Waals surface area contributed by atoms with E-state index in [4.69, 9.17) is 4.74 Å². The molecular weight excluding hydrogens is 302 g/mol. The molecule has 2 atom stereocenters. The van der Waals surface area contributed by atoms with Crippen LogP contribution in [0.5, 0.6) is 0 Å². The number of rotatable bonds is 8. The lowest BCUT2D eigenvalue weighted by Gasteiger charge is -2.35. The molecule has 1 aromatic carbocycles. The van der Waals surface area contributed by atoms with Crippen LogP contribution < -0.4 is 10.6 Å². The second kappa shape index (κ2) is 9.77. The smallest absolute Gasteiger partial charge is 0.221 e. The molecular formula is C19H31N3O2. The van der Waals surface area contributed by atoms with Crippen molar-refractivity contribution in [2.45, 2.75) is 52.4 Å². The van der Waals surface area contributed by atoms with E-state index >= 15 is 0 Å². The van der Waals surface area contributed by atoms with Crippen molar-refractivity contribution in [3.05, 3.63) is 29.8 Å². The summed E-state index contributed by atoms with van der Waals surface area (Å²) < 4.78 is 5.76. The highest BCUT2D eigenvalue weighted by atomic mass is 16.5. The van der Waals surface area contributed by atoms with Gasteiger partial charge in [-0.15, -0.1) is 0 Å². The zero-order valence-corrected chi connectivity index (χ0v) is 15.2. The molecule has 1 amide bonds. The van der Waals surface area contributed by atoms with Gasteiger partial charge in [0.25, 0.3) is 0 Å². The highest BCUT2D eigenvalue weighted by molar-refractivity contribution is 5.88. The Morgan fingerprint density at radius 2 is 1.83 bits per heavy atom. The molecule has 0 spiro atoms. The van der Waals surface area contributed by atoms with Crippen LogP contribution in [0.15, 0.2) is 24.3 Å². The van der Waals surface area contributed by atoms with Crippen LogP contribution in [-0.2, 0) is 16.1 Å². The summed E-state index contributed by atoms with van der Waals surface area (Å²) in [5, 5.41) is 6.27. The Morgan fingerprint density at radius 3 is 2.46 bits per heavy atom. The second-order valence-corrected chi connectivity index (χ2v) is 6.78. The molecule has 0 saturated carbocycles. The van der Waals surface area contributed by atoms with Crippen molar-refractivity contribution in [1.29, 1.82) is 0 Å². The Balaban J connectivity index is 1.55. The van der Waals surface area contributed by atoms with Crippen molar-refractivity contribution in [2.24, 2.45) is 0 Å². The molecule has 0 aliphatic carbocycles. The average Bonchev–Trinajstić information content (AvgIpc) is 2.51. The van der Waals surface area contributed by atoms with E-state index in [0.29, 0.717) is 12.2 Å². The summed E-state index contributed by atoms with van der Waals surface area (Å²) in [5.74, 6) is -0.0371. The Hall–Kier alpha value is -1.43. The molecule has 2 N–H and O–H groups in total. The maximum absolute atomic E-state index is 11.0. The lowest BCUT2D eigenvalue weighted by molar-refractivity contribution is -0.114. The number of benzene rings is 1. The number of morpholine rings is 1. The van der Waals surface area contributed by atoms with Crippen LogP contribution in [0, 0.1) is 0 Å². The van der Waals surface area contributed by atoms with Crippen LogP contribution in [0.2, 0.25) is 0 Å². The number of anilines is 1. The summed E-state index contributed by atoms with van der Waals surface area (Å²) >= 11 is 0. The third-order valence-electron chi connectivity index (χ3n) is 4.18. The molecule has 1 fully saturated rings. The number of carbonyl (C=O) groups is 1. The SMILES string of the molecule is CC(=O)Nc1ccc(CNCCCCN2CC(C)OC(C)C2)cc1. The molecule has 1 aliphatic heterocycles. The normalized spacial score (nSPS) is 21.6. The molecule has 0 bridgehead atoms. The fraction of sp³-hybridized carbons (Fsp3) is 0.632. The van der Waals surface area contributed by atoms with Gasteiger partial charge in [0.15, 0.2) is 0 Å². The fourth-order valence-corrected chi connectivity index (χ4v) is 3.19. The summed E-state index contributed by atoms with van der Waals surface area (Å²) in [6.45, 7) is 11.0. The summed E-state index contributed by atoms with van der Waals surface area (Å²) in [4.78, 5) is 13.5. The number of carbonyl (C=O) groups excluding carboxylic acids is 1. The molecule has 2 rings (SSSR count). The first kappa shape index (κ1) is 18.9. The number of hydrogen-bond acceptors (Lipinski definition) is 4. The Bertz CT molecular complexity index is 494. The molecule has 134 valence electrons. The minimum absolute atomic E-state index is 0.0371. The van der Waals surface area contributed by atoms with E-state index in [1.807, 2.05) is 12.1 Å². The number of unbranched alkanes of at least 4 members (excludes halogenated alkanes) is 1. The Morgan fingerprint density at radius 1 is 1.17 bits per heavy atom. The monoisotopic (exact) mass is 333 g/mol. The van der Waals surface area contributed by atoms with Gasteiger partial charge in [0.1, 0.15) is 0 Å². The number of nitrogens with zero attached hydrogens (tertiary/aromatic N) is 1. The van der Waals surface area contributed by atoms with E-state index in [9.17, 15) is 4.79 Å². The van der Waals surface area contributed by atoms with Gasteiger partial charge < -0.3 is 15.4 Å². The van der Waals surface area contributed by atoms with Crippen LogP contribution in [0.1, 0.15) is 39.2 Å². The van der Waals surface area contributed by atoms with Crippen LogP contribution in [0.4, 0.5) is 5.69 Å². The topological polar surface area (TPSA) is 53.6 Å². The first-order valence-electron chi connectivity index (χ1n) is 8.98. The predicted octanol–water partition coefficient (Wildman–Crippen LogP) is 2.62. The quantitative estimate of drug-likeness (QED) is 0.718. The minimum Gasteiger partial charge on any atom is -0.373 e. The van der Waals surface area contributed by atoms with Gasteiger partial charge in [-0.3, -0.25) is 9.69 Å². The van der Waals surface area contributed by atoms with Gasteiger partial charge in [-0.25, -0.2) is 0 Å². The zero-order chi connectivity index (χ0) is 17.4. The molecule has 1 aliphatic rings. The van der Waals surface area contributed by atoms with Crippen LogP contribution in [0.25, 0.3) is 0 Å². The Labute approximate surface area is 145 Å². The van der Waals surface area contributed by atoms with Gasteiger partial charge in [0.05, 0.1) is 12.2 Å². The lowest BCUT2D eigenvalue weighted by atomic mass is 10.2. The van der Waals surface area contributed by atoms with E-state index in [2.05, 4.69) is 41.5 Å². The largest absolute Gasteiger partial charge is 0.373 e. The minimum atomic E-state index is -0.0371. The molecule has 1 saturated heterocycles. The van der Waals surface area contributed by atoms with E-state index in [1.165, 1.54) is 25.3 Å². The summed E-state index contributed by atoms with van der Waals surface area (Å²) in [6, 6.07) is 7.99. The van der Waals surface area contributed by atoms with Gasteiger partial charge in [0.2, 0.25) is 5.91 Å². The highest BCUT2D eigenvalue weighted by Gasteiger charge is 2.21. The first-order chi connectivity index (χ1) is 11.5. The zero-order valence-electron chi connectivity index (χ0n) is 15.2. The van der Waals surface area contributed by atoms with E-state index < -0.39 is 0 Å². The molecule has 24 heavy (non-hydrogen) atoms. The molecule has 2 unspecified atom stereocenters. The van der Waals surface area contributed by atoms with E-state index in [0.717, 1.165) is 38.4 Å². The summed E-state index contributed by atoms with van der Waals surface area (Å²) in [7, 11) is 0. The van der Waals surface area contributed by atoms with Gasteiger partial charge in [-0.05, 0) is 57.5 Å². The van der Waals surface area contributed by atoms with Crippen molar-refractivity contribution >= 4 is 11.6 Å². The molecule has 0 aromatic heterocycles. The van der Waals surface area contributed by atoms with Crippen molar-refractivity contribution < 1.29 is 9.53 Å². The highest BCUT2D eigenvalue weighted by Crippen LogP contribution is 2.11. The van der Waals surface area contributed by atoms with Gasteiger partial charge in [0, 0.05) is 32.2 Å². The standard InChI is InChI=1S/C19H31N3O2/c1-15-13-22(14-16(2)24-15)11-5-4-10-20-12-18-6-8-19(9-7-18)21-17(3)23/h6-9,15-16,20H,4-5,10-14H2,1-3H3,(H,21,23). The number of ether oxygens (including phenoxy) is 1. The fourth-order valence-electron chi connectivity index (χ4n) is 3.19. The maximum Gasteiger partial charge on any atom is 0.221 e. The summed E-state index contributed by atoms with van der Waals surface area (Å²) in [5.41, 5.74) is 2.08. The molecule has 0 radical (unpaired) electrons. The number of hydrogen-bond donors (Lipinski definition) is 2.